The van der Waals surface area contributed by atoms with Gasteiger partial charge in [-0.2, -0.15) is 0 Å². The number of aromatic carboxylic acids is 1. The van der Waals surface area contributed by atoms with Crippen LogP contribution >= 0.6 is 0 Å². The number of ether oxygens (including phenoxy) is 1. The number of fused-ring (bicyclic) bond motifs is 1. The van der Waals surface area contributed by atoms with E-state index < -0.39 is 5.97 Å². The number of pyridine rings is 1. The predicted molar refractivity (Wildman–Crippen MR) is 109 cm³/mol. The van der Waals surface area contributed by atoms with Gasteiger partial charge in [0.15, 0.2) is 0 Å². The minimum Gasteiger partial charge on any atom is -0.496 e. The normalized spacial score (nSPS) is 10.9. The molecule has 2 aromatic heterocycles. The number of rotatable bonds is 5. The van der Waals surface area contributed by atoms with E-state index in [0.717, 1.165) is 33.5 Å². The molecule has 0 fully saturated rings. The quantitative estimate of drug-likeness (QED) is 0.548. The fourth-order valence-electron chi connectivity index (χ4n) is 3.48. The molecule has 0 radical (unpaired) electrons. The summed E-state index contributed by atoms with van der Waals surface area (Å²) in [5.74, 6) is -0.182. The molecule has 4 aromatic rings. The summed E-state index contributed by atoms with van der Waals surface area (Å²) in [6.45, 7) is 2.49. The molecule has 28 heavy (non-hydrogen) atoms. The maximum absolute atomic E-state index is 11.3. The van der Waals surface area contributed by atoms with Crippen molar-refractivity contribution in [2.24, 2.45) is 0 Å². The molecule has 0 spiro atoms. The molecule has 1 N–H and O–H groups in total. The van der Waals surface area contributed by atoms with Gasteiger partial charge in [0.2, 0.25) is 0 Å². The minimum absolute atomic E-state index is 0.0491. The van der Waals surface area contributed by atoms with Crippen molar-refractivity contribution in [1.29, 1.82) is 0 Å². The van der Waals surface area contributed by atoms with Gasteiger partial charge in [-0.3, -0.25) is 0 Å². The van der Waals surface area contributed by atoms with Crippen molar-refractivity contribution in [1.82, 2.24) is 9.55 Å². The number of aromatic nitrogens is 2. The molecule has 2 aromatic carbocycles. The number of carbonyl (C=O) groups is 1. The molecule has 0 aliphatic carbocycles. The van der Waals surface area contributed by atoms with Crippen LogP contribution in [0.1, 0.15) is 21.7 Å². The SMILES string of the molecule is COc1cc2cc(-c3ccccc3)n(Cc3cccc(C(=O)O)n3)c2cc1C. The Kier molecular flexibility index (Phi) is 4.57. The molecule has 0 atom stereocenters. The van der Waals surface area contributed by atoms with Crippen molar-refractivity contribution in [3.8, 4) is 17.0 Å². The van der Waals surface area contributed by atoms with Crippen LogP contribution in [0.15, 0.2) is 66.7 Å². The number of aryl methyl sites for hydroxylation is 1. The Bertz CT molecular complexity index is 1160. The van der Waals surface area contributed by atoms with Crippen molar-refractivity contribution >= 4 is 16.9 Å². The standard InChI is InChI=1S/C23H20N2O3/c1-15-11-20-17(13-22(15)28-2)12-21(16-7-4-3-5-8-16)25(20)14-18-9-6-10-19(24-18)23(26)27/h3-13H,14H2,1-2H3,(H,26,27). The van der Waals surface area contributed by atoms with E-state index in [9.17, 15) is 9.90 Å². The number of carboxylic acids is 1. The summed E-state index contributed by atoms with van der Waals surface area (Å²) in [5, 5.41) is 10.3. The lowest BCUT2D eigenvalue weighted by molar-refractivity contribution is 0.0690. The number of benzene rings is 2. The van der Waals surface area contributed by atoms with Crippen LogP contribution in [0.3, 0.4) is 0 Å². The van der Waals surface area contributed by atoms with Gasteiger partial charge in [0.25, 0.3) is 0 Å². The lowest BCUT2D eigenvalue weighted by Gasteiger charge is -2.12. The first-order chi connectivity index (χ1) is 13.6. The van der Waals surface area contributed by atoms with Crippen molar-refractivity contribution in [2.45, 2.75) is 13.5 Å². The Hall–Kier alpha value is -3.60. The van der Waals surface area contributed by atoms with Crippen molar-refractivity contribution in [3.63, 3.8) is 0 Å². The largest absolute Gasteiger partial charge is 0.496 e. The monoisotopic (exact) mass is 372 g/mol. The van der Waals surface area contributed by atoms with Gasteiger partial charge < -0.3 is 14.4 Å². The van der Waals surface area contributed by atoms with Gasteiger partial charge in [-0.1, -0.05) is 36.4 Å². The van der Waals surface area contributed by atoms with Gasteiger partial charge in [0, 0.05) is 16.6 Å². The molecule has 5 heteroatoms. The highest BCUT2D eigenvalue weighted by molar-refractivity contribution is 5.89. The zero-order valence-corrected chi connectivity index (χ0v) is 15.7. The van der Waals surface area contributed by atoms with Gasteiger partial charge in [0.05, 0.1) is 19.3 Å². The molecule has 0 aliphatic rings. The van der Waals surface area contributed by atoms with Crippen LogP contribution in [0.2, 0.25) is 0 Å². The third kappa shape index (κ3) is 3.22. The summed E-state index contributed by atoms with van der Waals surface area (Å²) in [4.78, 5) is 15.6. The Morgan fingerprint density at radius 2 is 1.86 bits per heavy atom. The van der Waals surface area contributed by atoms with Gasteiger partial charge in [-0.05, 0) is 48.4 Å². The van der Waals surface area contributed by atoms with Crippen LogP contribution in [0, 0.1) is 6.92 Å². The maximum atomic E-state index is 11.3. The Morgan fingerprint density at radius 3 is 2.57 bits per heavy atom. The zero-order valence-electron chi connectivity index (χ0n) is 15.7. The molecule has 0 amide bonds. The summed E-state index contributed by atoms with van der Waals surface area (Å²) in [5.41, 5.74) is 4.98. The van der Waals surface area contributed by atoms with Crippen LogP contribution in [0.4, 0.5) is 0 Å². The first-order valence-electron chi connectivity index (χ1n) is 8.99. The summed E-state index contributed by atoms with van der Waals surface area (Å²) >= 11 is 0. The number of hydrogen-bond donors (Lipinski definition) is 1. The summed E-state index contributed by atoms with van der Waals surface area (Å²) < 4.78 is 7.65. The van der Waals surface area contributed by atoms with Crippen molar-refractivity contribution in [2.75, 3.05) is 7.11 Å². The second-order valence-electron chi connectivity index (χ2n) is 6.68. The molecule has 0 unspecified atom stereocenters. The van der Waals surface area contributed by atoms with E-state index >= 15 is 0 Å². The molecule has 5 nitrogen and oxygen atoms in total. The first-order valence-corrected chi connectivity index (χ1v) is 8.99. The molecular formula is C23H20N2O3. The second kappa shape index (κ2) is 7.19. The third-order valence-corrected chi connectivity index (χ3v) is 4.83. The molecule has 0 saturated heterocycles. The molecule has 0 bridgehead atoms. The van der Waals surface area contributed by atoms with Crippen LogP contribution in [0.5, 0.6) is 5.75 Å². The Morgan fingerprint density at radius 1 is 1.07 bits per heavy atom. The molecular weight excluding hydrogens is 352 g/mol. The maximum Gasteiger partial charge on any atom is 0.354 e. The van der Waals surface area contributed by atoms with Gasteiger partial charge >= 0.3 is 5.97 Å². The third-order valence-electron chi connectivity index (χ3n) is 4.83. The van der Waals surface area contributed by atoms with E-state index in [4.69, 9.17) is 4.74 Å². The highest BCUT2D eigenvalue weighted by Gasteiger charge is 2.15. The van der Waals surface area contributed by atoms with E-state index in [-0.39, 0.29) is 5.69 Å². The average Bonchev–Trinajstić information content (AvgIpc) is 3.05. The van der Waals surface area contributed by atoms with E-state index in [1.54, 1.807) is 13.2 Å². The predicted octanol–water partition coefficient (Wildman–Crippen LogP) is 4.77. The minimum atomic E-state index is -1.02. The van der Waals surface area contributed by atoms with Crippen LogP contribution in [0.25, 0.3) is 22.2 Å². The number of carboxylic acid groups (broad SMARTS) is 1. The summed E-state index contributed by atoms with van der Waals surface area (Å²) in [6.07, 6.45) is 0. The van der Waals surface area contributed by atoms with E-state index in [1.807, 2.05) is 37.3 Å². The molecule has 2 heterocycles. The average molecular weight is 372 g/mol. The summed E-state index contributed by atoms with van der Waals surface area (Å²) in [7, 11) is 1.67. The number of nitrogens with zero attached hydrogens (tertiary/aromatic N) is 2. The Labute approximate surface area is 162 Å². The molecule has 0 saturated carbocycles. The summed E-state index contributed by atoms with van der Waals surface area (Å²) in [6, 6.07) is 21.5. The second-order valence-corrected chi connectivity index (χ2v) is 6.68. The van der Waals surface area contributed by atoms with E-state index in [1.165, 1.54) is 6.07 Å². The van der Waals surface area contributed by atoms with E-state index in [2.05, 4.69) is 33.8 Å². The highest BCUT2D eigenvalue weighted by atomic mass is 16.5. The lowest BCUT2D eigenvalue weighted by atomic mass is 10.1. The first kappa shape index (κ1) is 17.8. The topological polar surface area (TPSA) is 64.3 Å². The van der Waals surface area contributed by atoms with Crippen molar-refractivity contribution < 1.29 is 14.6 Å². The molecule has 4 rings (SSSR count). The van der Waals surface area contributed by atoms with Crippen molar-refractivity contribution in [3.05, 3.63) is 83.7 Å². The molecule has 0 aliphatic heterocycles. The van der Waals surface area contributed by atoms with Crippen LogP contribution < -0.4 is 4.74 Å². The molecule has 140 valence electrons. The Balaban J connectivity index is 1.90. The number of hydrogen-bond acceptors (Lipinski definition) is 3. The van der Waals surface area contributed by atoms with Crippen LogP contribution in [-0.2, 0) is 6.54 Å². The highest BCUT2D eigenvalue weighted by Crippen LogP contribution is 2.33. The van der Waals surface area contributed by atoms with Gasteiger partial charge in [-0.25, -0.2) is 9.78 Å². The van der Waals surface area contributed by atoms with E-state index in [0.29, 0.717) is 12.2 Å². The smallest absolute Gasteiger partial charge is 0.354 e. The number of methoxy groups -OCH3 is 1. The van der Waals surface area contributed by atoms with Gasteiger partial charge in [-0.15, -0.1) is 0 Å². The fourth-order valence-corrected chi connectivity index (χ4v) is 3.48. The zero-order chi connectivity index (χ0) is 19.7. The van der Waals surface area contributed by atoms with Gasteiger partial charge in [0.1, 0.15) is 11.4 Å². The van der Waals surface area contributed by atoms with Crippen LogP contribution in [-0.4, -0.2) is 27.7 Å². The fraction of sp³-hybridized carbons (Fsp3) is 0.130. The lowest BCUT2D eigenvalue weighted by Crippen LogP contribution is -2.07.